The third-order valence-electron chi connectivity index (χ3n) is 4.97. The molecule has 2 aromatic rings. The number of carbonyl (C=O) groups is 1. The fourth-order valence-corrected chi connectivity index (χ4v) is 3.38. The number of carbonyl (C=O) groups excluding carboxylic acids is 1. The van der Waals surface area contributed by atoms with Gasteiger partial charge in [-0.1, -0.05) is 0 Å². The van der Waals surface area contributed by atoms with E-state index in [0.29, 0.717) is 30.2 Å². The monoisotopic (exact) mass is 348 g/mol. The first-order chi connectivity index (χ1) is 11.9. The number of likely N-dealkylation sites (N-methyl/N-ethyl adjacent to an activating group) is 1. The Morgan fingerprint density at radius 1 is 1.32 bits per heavy atom. The second-order valence-electron chi connectivity index (χ2n) is 6.53. The maximum atomic E-state index is 12.5. The number of aryl methyl sites for hydroxylation is 2. The molecule has 136 valence electrons. The minimum absolute atomic E-state index is 0.0726. The number of aromatic nitrogens is 4. The largest absolute Gasteiger partial charge is 0.341 e. The molecular formula is C16H24N6O3. The molecule has 0 radical (unpaired) electrons. The van der Waals surface area contributed by atoms with E-state index in [1.807, 2.05) is 11.9 Å². The van der Waals surface area contributed by atoms with Crippen LogP contribution in [-0.2, 0) is 25.4 Å². The molecule has 0 aromatic carbocycles. The van der Waals surface area contributed by atoms with Crippen molar-refractivity contribution in [1.29, 1.82) is 0 Å². The molecule has 25 heavy (non-hydrogen) atoms. The molecule has 0 bridgehead atoms. The van der Waals surface area contributed by atoms with E-state index in [4.69, 9.17) is 0 Å². The highest BCUT2D eigenvalue weighted by atomic mass is 16.2. The first-order valence-electron chi connectivity index (χ1n) is 8.50. The molecule has 1 atom stereocenters. The van der Waals surface area contributed by atoms with Crippen LogP contribution in [0.15, 0.2) is 15.9 Å². The molecule has 1 saturated heterocycles. The van der Waals surface area contributed by atoms with E-state index in [9.17, 15) is 14.4 Å². The number of piperidine rings is 1. The molecule has 9 heteroatoms. The third kappa shape index (κ3) is 3.11. The van der Waals surface area contributed by atoms with Gasteiger partial charge in [0.1, 0.15) is 0 Å². The zero-order valence-electron chi connectivity index (χ0n) is 14.9. The van der Waals surface area contributed by atoms with Gasteiger partial charge >= 0.3 is 5.69 Å². The Hall–Kier alpha value is -2.42. The minimum atomic E-state index is -0.412. The molecular weight excluding hydrogens is 324 g/mol. The molecule has 9 nitrogen and oxygen atoms in total. The van der Waals surface area contributed by atoms with Crippen LogP contribution in [0.25, 0.3) is 11.2 Å². The summed E-state index contributed by atoms with van der Waals surface area (Å²) < 4.78 is 4.07. The van der Waals surface area contributed by atoms with E-state index in [1.165, 1.54) is 17.9 Å². The molecule has 1 N–H and O–H groups in total. The van der Waals surface area contributed by atoms with Crippen LogP contribution in [0.5, 0.6) is 0 Å². The molecule has 0 spiro atoms. The second kappa shape index (κ2) is 6.83. The summed E-state index contributed by atoms with van der Waals surface area (Å²) in [6.45, 7) is 1.86. The number of fused-ring (bicyclic) bond motifs is 1. The summed E-state index contributed by atoms with van der Waals surface area (Å²) in [7, 11) is 4.94. The van der Waals surface area contributed by atoms with E-state index >= 15 is 0 Å². The quantitative estimate of drug-likeness (QED) is 0.768. The summed E-state index contributed by atoms with van der Waals surface area (Å²) in [5.74, 6) is 0.0726. The standard InChI is InChI=1S/C16H24N6O3/c1-17-11-5-4-7-21(9-11)12(23)6-8-22-10-18-14-13(22)15(24)20(3)16(25)19(14)2/h10-11,17H,4-9H2,1-3H3. The minimum Gasteiger partial charge on any atom is -0.341 e. The Bertz CT molecular complexity index is 909. The molecule has 2 aromatic heterocycles. The summed E-state index contributed by atoms with van der Waals surface area (Å²) in [4.78, 5) is 42.9. The predicted molar refractivity (Wildman–Crippen MR) is 93.5 cm³/mol. The first-order valence-corrected chi connectivity index (χ1v) is 8.50. The van der Waals surface area contributed by atoms with Gasteiger partial charge in [-0.15, -0.1) is 0 Å². The highest BCUT2D eigenvalue weighted by Crippen LogP contribution is 2.12. The van der Waals surface area contributed by atoms with Crippen LogP contribution in [0.3, 0.4) is 0 Å². The van der Waals surface area contributed by atoms with Crippen molar-refractivity contribution in [2.75, 3.05) is 20.1 Å². The van der Waals surface area contributed by atoms with Gasteiger partial charge in [-0.3, -0.25) is 18.7 Å². The highest BCUT2D eigenvalue weighted by molar-refractivity contribution is 5.76. The maximum Gasteiger partial charge on any atom is 0.332 e. The van der Waals surface area contributed by atoms with E-state index < -0.39 is 11.2 Å². The molecule has 1 amide bonds. The summed E-state index contributed by atoms with van der Waals surface area (Å²) >= 11 is 0. The van der Waals surface area contributed by atoms with Crippen molar-refractivity contribution in [3.05, 3.63) is 27.2 Å². The van der Waals surface area contributed by atoms with Crippen LogP contribution in [0.4, 0.5) is 0 Å². The Morgan fingerprint density at radius 3 is 2.80 bits per heavy atom. The van der Waals surface area contributed by atoms with Crippen LogP contribution >= 0.6 is 0 Å². The molecule has 0 saturated carbocycles. The van der Waals surface area contributed by atoms with Crippen molar-refractivity contribution >= 4 is 17.1 Å². The van der Waals surface area contributed by atoms with Gasteiger partial charge in [0.2, 0.25) is 5.91 Å². The van der Waals surface area contributed by atoms with Crippen molar-refractivity contribution < 1.29 is 4.79 Å². The van der Waals surface area contributed by atoms with E-state index in [2.05, 4.69) is 10.3 Å². The van der Waals surface area contributed by atoms with Crippen LogP contribution in [-0.4, -0.2) is 55.7 Å². The van der Waals surface area contributed by atoms with E-state index in [0.717, 1.165) is 30.5 Å². The van der Waals surface area contributed by atoms with Crippen molar-refractivity contribution in [1.82, 2.24) is 28.9 Å². The van der Waals surface area contributed by atoms with Gasteiger partial charge in [0.15, 0.2) is 11.2 Å². The molecule has 3 rings (SSSR count). The van der Waals surface area contributed by atoms with Crippen molar-refractivity contribution in [3.8, 4) is 0 Å². The molecule has 3 heterocycles. The van der Waals surface area contributed by atoms with Crippen molar-refractivity contribution in [3.63, 3.8) is 0 Å². The fraction of sp³-hybridized carbons (Fsp3) is 0.625. The summed E-state index contributed by atoms with van der Waals surface area (Å²) in [6, 6.07) is 0.341. The lowest BCUT2D eigenvalue weighted by molar-refractivity contribution is -0.132. The average Bonchev–Trinajstić information content (AvgIpc) is 3.06. The number of likely N-dealkylation sites (tertiary alicyclic amines) is 1. The summed E-state index contributed by atoms with van der Waals surface area (Å²) in [6.07, 6.45) is 3.89. The Balaban J connectivity index is 1.79. The van der Waals surface area contributed by atoms with Crippen molar-refractivity contribution in [2.24, 2.45) is 14.1 Å². The van der Waals surface area contributed by atoms with Gasteiger partial charge in [0.25, 0.3) is 5.56 Å². The van der Waals surface area contributed by atoms with E-state index in [-0.39, 0.29) is 5.91 Å². The van der Waals surface area contributed by atoms with Crippen LogP contribution < -0.4 is 16.6 Å². The van der Waals surface area contributed by atoms with Gasteiger partial charge in [-0.25, -0.2) is 9.78 Å². The third-order valence-corrected chi connectivity index (χ3v) is 4.97. The molecule has 1 fully saturated rings. The number of rotatable bonds is 4. The van der Waals surface area contributed by atoms with Crippen molar-refractivity contribution in [2.45, 2.75) is 31.8 Å². The number of amides is 1. The first kappa shape index (κ1) is 17.4. The van der Waals surface area contributed by atoms with E-state index in [1.54, 1.807) is 11.6 Å². The summed E-state index contributed by atoms with van der Waals surface area (Å²) in [5.41, 5.74) is -0.112. The molecule has 0 aliphatic carbocycles. The van der Waals surface area contributed by atoms with Gasteiger partial charge in [-0.05, 0) is 19.9 Å². The number of hydrogen-bond acceptors (Lipinski definition) is 5. The topological polar surface area (TPSA) is 94.2 Å². The highest BCUT2D eigenvalue weighted by Gasteiger charge is 2.22. The van der Waals surface area contributed by atoms with Gasteiger partial charge in [-0.2, -0.15) is 0 Å². The molecule has 1 aliphatic rings. The van der Waals surface area contributed by atoms with Crippen LogP contribution in [0.2, 0.25) is 0 Å². The van der Waals surface area contributed by atoms with Gasteiger partial charge in [0.05, 0.1) is 6.33 Å². The number of hydrogen-bond donors (Lipinski definition) is 1. The lowest BCUT2D eigenvalue weighted by atomic mass is 10.1. The second-order valence-corrected chi connectivity index (χ2v) is 6.53. The SMILES string of the molecule is CNC1CCCN(C(=O)CCn2cnc3c2c(=O)n(C)c(=O)n3C)C1. The van der Waals surface area contributed by atoms with Gasteiger partial charge in [0, 0.05) is 46.2 Å². The lowest BCUT2D eigenvalue weighted by Crippen LogP contribution is -2.47. The zero-order chi connectivity index (χ0) is 18.1. The number of nitrogens with one attached hydrogen (secondary N) is 1. The van der Waals surface area contributed by atoms with Crippen LogP contribution in [0.1, 0.15) is 19.3 Å². The summed E-state index contributed by atoms with van der Waals surface area (Å²) in [5, 5.41) is 3.22. The lowest BCUT2D eigenvalue weighted by Gasteiger charge is -2.32. The van der Waals surface area contributed by atoms with Gasteiger partial charge < -0.3 is 14.8 Å². The molecule has 1 aliphatic heterocycles. The maximum absolute atomic E-state index is 12.5. The average molecular weight is 348 g/mol. The smallest absolute Gasteiger partial charge is 0.332 e. The normalized spacial score (nSPS) is 18.0. The Kier molecular flexibility index (Phi) is 4.76. The van der Waals surface area contributed by atoms with Crippen LogP contribution in [0, 0.1) is 0 Å². The Labute approximate surface area is 144 Å². The fourth-order valence-electron chi connectivity index (χ4n) is 3.38. The number of nitrogens with zero attached hydrogens (tertiary/aromatic N) is 5. The zero-order valence-corrected chi connectivity index (χ0v) is 14.9. The number of imidazole rings is 1. The Morgan fingerprint density at radius 2 is 2.08 bits per heavy atom. The molecule has 1 unspecified atom stereocenters. The predicted octanol–water partition coefficient (Wildman–Crippen LogP) is -0.966.